The zero-order valence-electron chi connectivity index (χ0n) is 24.1. The van der Waals surface area contributed by atoms with Crippen molar-refractivity contribution in [1.82, 2.24) is 0 Å². The number of rotatable bonds is 13. The van der Waals surface area contributed by atoms with Crippen molar-refractivity contribution in [2.45, 2.75) is 104 Å². The fourth-order valence-corrected chi connectivity index (χ4v) is 7.51. The predicted octanol–water partition coefficient (Wildman–Crippen LogP) is 8.83. The number of carbonyl (C=O) groups is 2. The van der Waals surface area contributed by atoms with E-state index in [-0.39, 0.29) is 28.9 Å². The molecule has 208 valence electrons. The Bertz CT molecular complexity index is 940. The summed E-state index contributed by atoms with van der Waals surface area (Å²) in [7, 11) is -0.530. The van der Waals surface area contributed by atoms with Crippen molar-refractivity contribution in [3.8, 4) is 0 Å². The van der Waals surface area contributed by atoms with Crippen LogP contribution in [0.15, 0.2) is 34.8 Å². The van der Waals surface area contributed by atoms with Gasteiger partial charge in [0.1, 0.15) is 5.78 Å². The van der Waals surface area contributed by atoms with Gasteiger partial charge in [-0.2, -0.15) is 0 Å². The number of esters is 1. The standard InChI is InChI=1S/C30H47BrO4SSi/c1-21-19-28(32)26(13-11-9-10-12-14-29(33)34-6)25(21)18-16-23(35-37(7,8)30(3,4)5)15-17-24-20-27(31)22(2)36-24/h9,11,16,18,20-21,23,25-26H,10,12-15,17,19H2,1-8H3/t21?,23-,25-,26+/m0/s1. The highest BCUT2D eigenvalue weighted by atomic mass is 79.9. The molecule has 1 aromatic rings. The maximum atomic E-state index is 12.8. The van der Waals surface area contributed by atoms with Gasteiger partial charge in [0.15, 0.2) is 8.32 Å². The number of Topliss-reactive ketones (excluding diaryl/α,β-unsaturated/α-hetero) is 1. The quantitative estimate of drug-likeness (QED) is 0.0968. The molecule has 0 aromatic carbocycles. The van der Waals surface area contributed by atoms with Gasteiger partial charge in [-0.3, -0.25) is 9.59 Å². The number of thiophene rings is 1. The molecule has 0 bridgehead atoms. The first-order valence-electron chi connectivity index (χ1n) is 13.6. The molecular weight excluding hydrogens is 564 g/mol. The van der Waals surface area contributed by atoms with Crippen molar-refractivity contribution in [2.75, 3.05) is 7.11 Å². The van der Waals surface area contributed by atoms with E-state index >= 15 is 0 Å². The number of halogens is 1. The third-order valence-corrected chi connectivity index (χ3v) is 14.7. The van der Waals surface area contributed by atoms with Crippen LogP contribution in [0, 0.1) is 24.7 Å². The number of hydrogen-bond acceptors (Lipinski definition) is 5. The van der Waals surface area contributed by atoms with Crippen molar-refractivity contribution < 1.29 is 18.8 Å². The second kappa shape index (κ2) is 14.4. The average molecular weight is 612 g/mol. The molecule has 0 N–H and O–H groups in total. The highest BCUT2D eigenvalue weighted by molar-refractivity contribution is 9.10. The molecule has 2 rings (SSSR count). The molecule has 0 saturated heterocycles. The Hall–Kier alpha value is -1.02. The molecule has 1 aliphatic rings. The molecule has 1 fully saturated rings. The largest absolute Gasteiger partial charge is 0.469 e. The Morgan fingerprint density at radius 1 is 1.30 bits per heavy atom. The molecule has 1 unspecified atom stereocenters. The fraction of sp³-hybridized carbons (Fsp3) is 0.667. The van der Waals surface area contributed by atoms with Crippen LogP contribution in [0.25, 0.3) is 0 Å². The fourth-order valence-electron chi connectivity index (χ4n) is 4.58. The van der Waals surface area contributed by atoms with E-state index in [2.05, 4.69) is 94.0 Å². The average Bonchev–Trinajstić information content (AvgIpc) is 3.27. The van der Waals surface area contributed by atoms with Gasteiger partial charge >= 0.3 is 5.97 Å². The molecule has 1 saturated carbocycles. The molecule has 0 aliphatic heterocycles. The summed E-state index contributed by atoms with van der Waals surface area (Å²) in [5.41, 5.74) is 0. The van der Waals surface area contributed by atoms with Gasteiger partial charge in [-0.1, -0.05) is 52.0 Å². The maximum Gasteiger partial charge on any atom is 0.305 e. The predicted molar refractivity (Wildman–Crippen MR) is 162 cm³/mol. The van der Waals surface area contributed by atoms with Crippen LogP contribution in [0.2, 0.25) is 18.1 Å². The van der Waals surface area contributed by atoms with E-state index in [4.69, 9.17) is 9.16 Å². The topological polar surface area (TPSA) is 52.6 Å². The summed E-state index contributed by atoms with van der Waals surface area (Å²) in [6.45, 7) is 15.8. The Labute approximate surface area is 238 Å². The molecule has 0 radical (unpaired) electrons. The monoisotopic (exact) mass is 610 g/mol. The summed E-state index contributed by atoms with van der Waals surface area (Å²) < 4.78 is 12.8. The van der Waals surface area contributed by atoms with Crippen LogP contribution < -0.4 is 0 Å². The molecule has 0 spiro atoms. The third kappa shape index (κ3) is 9.90. The van der Waals surface area contributed by atoms with Gasteiger partial charge < -0.3 is 9.16 Å². The Morgan fingerprint density at radius 3 is 2.59 bits per heavy atom. The number of hydrogen-bond donors (Lipinski definition) is 0. The van der Waals surface area contributed by atoms with Gasteiger partial charge in [-0.05, 0) is 91.0 Å². The second-order valence-electron chi connectivity index (χ2n) is 12.0. The van der Waals surface area contributed by atoms with Crippen molar-refractivity contribution in [3.05, 3.63) is 44.6 Å². The number of allylic oxidation sites excluding steroid dienone is 3. The molecule has 1 aliphatic carbocycles. The Kier molecular flexibility index (Phi) is 12.5. The number of methoxy groups -OCH3 is 1. The Balaban J connectivity index is 2.10. The van der Waals surface area contributed by atoms with E-state index in [1.165, 1.54) is 21.3 Å². The van der Waals surface area contributed by atoms with Crippen molar-refractivity contribution >= 4 is 47.3 Å². The first-order chi connectivity index (χ1) is 17.2. The summed E-state index contributed by atoms with van der Waals surface area (Å²) in [6, 6.07) is 2.23. The van der Waals surface area contributed by atoms with Crippen molar-refractivity contribution in [2.24, 2.45) is 17.8 Å². The van der Waals surface area contributed by atoms with Gasteiger partial charge in [-0.15, -0.1) is 11.3 Å². The maximum absolute atomic E-state index is 12.8. The van der Waals surface area contributed by atoms with E-state index in [9.17, 15) is 9.59 Å². The van der Waals surface area contributed by atoms with Gasteiger partial charge in [0, 0.05) is 33.0 Å². The zero-order chi connectivity index (χ0) is 27.8. The lowest BCUT2D eigenvalue weighted by Gasteiger charge is -2.38. The molecule has 37 heavy (non-hydrogen) atoms. The third-order valence-electron chi connectivity index (χ3n) is 7.98. The van der Waals surface area contributed by atoms with Gasteiger partial charge in [0.2, 0.25) is 0 Å². The van der Waals surface area contributed by atoms with E-state index in [0.29, 0.717) is 24.5 Å². The van der Waals surface area contributed by atoms with Gasteiger partial charge in [-0.25, -0.2) is 0 Å². The number of unbranched alkanes of at least 4 members (excludes halogenated alkanes) is 1. The zero-order valence-corrected chi connectivity index (χ0v) is 27.5. The molecular formula is C30H47BrO4SSi. The van der Waals surface area contributed by atoms with E-state index in [1.54, 1.807) is 0 Å². The van der Waals surface area contributed by atoms with E-state index < -0.39 is 8.32 Å². The van der Waals surface area contributed by atoms with Crippen LogP contribution in [0.1, 0.15) is 76.0 Å². The normalized spacial score (nSPS) is 21.9. The first-order valence-corrected chi connectivity index (χ1v) is 18.1. The molecule has 1 aromatic heterocycles. The number of ketones is 1. The summed E-state index contributed by atoms with van der Waals surface area (Å²) >= 11 is 5.50. The summed E-state index contributed by atoms with van der Waals surface area (Å²) in [6.07, 6.45) is 14.2. The second-order valence-corrected chi connectivity index (χ2v) is 18.9. The lowest BCUT2D eigenvalue weighted by molar-refractivity contribution is -0.140. The van der Waals surface area contributed by atoms with Crippen molar-refractivity contribution in [1.29, 1.82) is 0 Å². The summed E-state index contributed by atoms with van der Waals surface area (Å²) in [4.78, 5) is 26.8. The van der Waals surface area contributed by atoms with Crippen LogP contribution in [0.4, 0.5) is 0 Å². The minimum absolute atomic E-state index is 0.0209. The highest BCUT2D eigenvalue weighted by Gasteiger charge is 2.40. The summed E-state index contributed by atoms with van der Waals surface area (Å²) in [5.74, 6) is 0.783. The SMILES string of the molecule is COC(=O)CCCC=CC[C@H]1C(=O)CC(C)[C@@H]1C=C[C@H](CCc1cc(Br)c(C)s1)O[Si](C)(C)C(C)(C)C. The lowest BCUT2D eigenvalue weighted by atomic mass is 9.87. The van der Waals surface area contributed by atoms with Crippen LogP contribution in [-0.2, 0) is 25.2 Å². The smallest absolute Gasteiger partial charge is 0.305 e. The van der Waals surface area contributed by atoms with Crippen LogP contribution >= 0.6 is 27.3 Å². The molecule has 4 nitrogen and oxygen atoms in total. The molecule has 1 heterocycles. The van der Waals surface area contributed by atoms with Crippen LogP contribution in [-0.4, -0.2) is 33.3 Å². The van der Waals surface area contributed by atoms with E-state index in [1.807, 2.05) is 11.3 Å². The first kappa shape index (κ1) is 32.2. The minimum Gasteiger partial charge on any atom is -0.469 e. The van der Waals surface area contributed by atoms with Gasteiger partial charge in [0.05, 0.1) is 13.2 Å². The van der Waals surface area contributed by atoms with Gasteiger partial charge in [0.25, 0.3) is 0 Å². The number of carbonyl (C=O) groups excluding carboxylic acids is 2. The summed E-state index contributed by atoms with van der Waals surface area (Å²) in [5, 5.41) is 0.138. The molecule has 0 amide bonds. The van der Waals surface area contributed by atoms with E-state index in [0.717, 1.165) is 32.1 Å². The highest BCUT2D eigenvalue weighted by Crippen LogP contribution is 2.40. The Morgan fingerprint density at radius 2 is 2.00 bits per heavy atom. The van der Waals surface area contributed by atoms with Crippen LogP contribution in [0.3, 0.4) is 0 Å². The molecule has 7 heteroatoms. The number of aryl methyl sites for hydroxylation is 2. The van der Waals surface area contributed by atoms with Crippen LogP contribution in [0.5, 0.6) is 0 Å². The molecule has 4 atom stereocenters. The number of ether oxygens (including phenoxy) is 1. The minimum atomic E-state index is -1.95. The van der Waals surface area contributed by atoms with Crippen molar-refractivity contribution in [3.63, 3.8) is 0 Å². The lowest BCUT2D eigenvalue weighted by Crippen LogP contribution is -2.43.